The zero-order chi connectivity index (χ0) is 16.5. The molecule has 7 heteroatoms. The van der Waals surface area contributed by atoms with Crippen LogP contribution in [0.25, 0.3) is 0 Å². The lowest BCUT2D eigenvalue weighted by atomic mass is 9.98. The minimum absolute atomic E-state index is 0.0303. The summed E-state index contributed by atoms with van der Waals surface area (Å²) in [5, 5.41) is 9.59. The third kappa shape index (κ3) is 4.16. The molecule has 1 aromatic rings. The van der Waals surface area contributed by atoms with E-state index in [1.54, 1.807) is 13.1 Å². The summed E-state index contributed by atoms with van der Waals surface area (Å²) < 4.78 is 8.18. The normalized spacial score (nSPS) is 25.6. The van der Waals surface area contributed by atoms with Gasteiger partial charge in [-0.25, -0.2) is 0 Å². The minimum atomic E-state index is -1.11. The molecule has 1 aliphatic rings. The van der Waals surface area contributed by atoms with E-state index in [4.69, 9.17) is 17.0 Å². The van der Waals surface area contributed by atoms with E-state index in [-0.39, 0.29) is 24.5 Å². The number of nitrogens with one attached hydrogen (secondary N) is 1. The maximum Gasteiger partial charge on any atom is 0.254 e. The van der Waals surface area contributed by atoms with Gasteiger partial charge >= 0.3 is 0 Å². The highest BCUT2D eigenvalue weighted by Crippen LogP contribution is 2.37. The Morgan fingerprint density at radius 3 is 2.77 bits per heavy atom. The Kier molecular flexibility index (Phi) is 5.42. The molecule has 2 heterocycles. The second-order valence-corrected chi connectivity index (χ2v) is 13.4. The minimum Gasteiger partial charge on any atom is -0.394 e. The monoisotopic (exact) mass is 342 g/mol. The zero-order valence-electron chi connectivity index (χ0n) is 13.8. The van der Waals surface area contributed by atoms with Crippen molar-refractivity contribution in [3.8, 4) is 0 Å². The number of aliphatic hydroxyl groups excluding tert-OH is 1. The third-order valence-electron chi connectivity index (χ3n) is 4.26. The molecule has 3 atom stereocenters. The summed E-state index contributed by atoms with van der Waals surface area (Å²) in [6.45, 7) is 8.86. The molecule has 0 saturated carbocycles. The fourth-order valence-electron chi connectivity index (χ4n) is 2.87. The van der Waals surface area contributed by atoms with Gasteiger partial charge in [0.25, 0.3) is 5.56 Å². The van der Waals surface area contributed by atoms with Crippen LogP contribution in [-0.4, -0.2) is 35.4 Å². The van der Waals surface area contributed by atoms with E-state index < -0.39 is 8.07 Å². The molecule has 0 aromatic carbocycles. The first-order chi connectivity index (χ1) is 10.2. The number of nitrogens with zero attached hydrogens (tertiary/aromatic N) is 1. The Balaban J connectivity index is 2.16. The fourth-order valence-corrected chi connectivity index (χ4v) is 4.37. The molecule has 1 saturated heterocycles. The first-order valence-electron chi connectivity index (χ1n) is 7.79. The van der Waals surface area contributed by atoms with Crippen LogP contribution < -0.4 is 5.56 Å². The summed E-state index contributed by atoms with van der Waals surface area (Å²) in [7, 11) is -1.11. The van der Waals surface area contributed by atoms with Gasteiger partial charge in [-0.15, -0.1) is 0 Å². The summed E-state index contributed by atoms with van der Waals surface area (Å²) in [4.78, 5) is 14.3. The van der Waals surface area contributed by atoms with E-state index in [2.05, 4.69) is 24.6 Å². The van der Waals surface area contributed by atoms with Crippen molar-refractivity contribution in [2.75, 3.05) is 6.61 Å². The van der Waals surface area contributed by atoms with Crippen LogP contribution in [0.15, 0.2) is 11.0 Å². The van der Waals surface area contributed by atoms with E-state index in [1.165, 1.54) is 6.04 Å². The van der Waals surface area contributed by atoms with Crippen molar-refractivity contribution in [2.45, 2.75) is 57.8 Å². The Labute approximate surface area is 137 Å². The van der Waals surface area contributed by atoms with Crippen LogP contribution in [0.4, 0.5) is 0 Å². The number of hydrogen-bond donors (Lipinski definition) is 2. The van der Waals surface area contributed by atoms with Crippen LogP contribution in [0.5, 0.6) is 0 Å². The first-order valence-corrected chi connectivity index (χ1v) is 11.9. The van der Waals surface area contributed by atoms with Gasteiger partial charge in [-0.05, 0) is 31.5 Å². The summed E-state index contributed by atoms with van der Waals surface area (Å²) in [6, 6.07) is 1.22. The van der Waals surface area contributed by atoms with E-state index in [0.29, 0.717) is 16.3 Å². The van der Waals surface area contributed by atoms with Crippen molar-refractivity contribution in [3.05, 3.63) is 26.9 Å². The molecular weight excluding hydrogens is 316 g/mol. The van der Waals surface area contributed by atoms with Crippen molar-refractivity contribution in [1.29, 1.82) is 0 Å². The van der Waals surface area contributed by atoms with Crippen LogP contribution >= 0.6 is 12.2 Å². The highest BCUT2D eigenvalue weighted by molar-refractivity contribution is 7.71. The van der Waals surface area contributed by atoms with E-state index >= 15 is 0 Å². The van der Waals surface area contributed by atoms with Gasteiger partial charge in [0, 0.05) is 19.8 Å². The molecule has 2 rings (SSSR count). The molecule has 0 spiro atoms. The molecule has 124 valence electrons. The predicted molar refractivity (Wildman–Crippen MR) is 92.5 cm³/mol. The lowest BCUT2D eigenvalue weighted by Gasteiger charge is -2.20. The Morgan fingerprint density at radius 2 is 2.18 bits per heavy atom. The van der Waals surface area contributed by atoms with Crippen molar-refractivity contribution in [3.63, 3.8) is 0 Å². The molecule has 0 bridgehead atoms. The van der Waals surface area contributed by atoms with Crippen LogP contribution in [0.1, 0.15) is 24.6 Å². The summed E-state index contributed by atoms with van der Waals surface area (Å²) in [5.41, 5.74) is 0.455. The van der Waals surface area contributed by atoms with Crippen molar-refractivity contribution in [1.82, 2.24) is 9.55 Å². The first kappa shape index (κ1) is 17.6. The maximum absolute atomic E-state index is 11.6. The summed E-state index contributed by atoms with van der Waals surface area (Å²) in [5.74, 6) is 0.343. The fraction of sp³-hybridized carbons (Fsp3) is 0.733. The number of ether oxygens (including phenoxy) is 1. The Bertz CT molecular complexity index is 635. The number of aliphatic hydroxyl groups is 1. The number of aromatic amines is 1. The van der Waals surface area contributed by atoms with Crippen LogP contribution in [0, 0.1) is 17.6 Å². The summed E-state index contributed by atoms with van der Waals surface area (Å²) in [6.07, 6.45) is 3.31. The van der Waals surface area contributed by atoms with Gasteiger partial charge in [0.2, 0.25) is 0 Å². The van der Waals surface area contributed by atoms with Crippen LogP contribution in [0.2, 0.25) is 25.7 Å². The standard InChI is InChI=1S/C15H26N2O3SSi/c1-10-8-17(15(21)16-14(10)19)13-7-11(12(9-18)20-13)5-6-22(2,3)4/h8,11-13,18H,5-7,9H2,1-4H3,(H,16,19,21)/t11-,12+,13+/m0/s1. The number of H-pyrrole nitrogens is 1. The van der Waals surface area contributed by atoms with Gasteiger partial charge in [0.1, 0.15) is 6.23 Å². The van der Waals surface area contributed by atoms with Gasteiger partial charge < -0.3 is 9.84 Å². The predicted octanol–water partition coefficient (Wildman–Crippen LogP) is 2.84. The molecule has 0 aliphatic carbocycles. The average Bonchev–Trinajstić information content (AvgIpc) is 2.83. The molecule has 2 N–H and O–H groups in total. The van der Waals surface area contributed by atoms with Crippen LogP contribution in [0.3, 0.4) is 0 Å². The quantitative estimate of drug-likeness (QED) is 0.638. The lowest BCUT2D eigenvalue weighted by Crippen LogP contribution is -2.25. The van der Waals surface area contributed by atoms with Crippen molar-refractivity contribution in [2.24, 2.45) is 5.92 Å². The van der Waals surface area contributed by atoms with E-state index in [0.717, 1.165) is 12.8 Å². The SMILES string of the molecule is Cc1cn([C@H]2C[C@H](CC[Si](C)(C)C)[C@@H](CO)O2)c(=S)[nH]c1=O. The third-order valence-corrected chi connectivity index (χ3v) is 6.36. The van der Waals surface area contributed by atoms with Gasteiger partial charge in [-0.1, -0.05) is 32.1 Å². The Morgan fingerprint density at radius 1 is 1.50 bits per heavy atom. The lowest BCUT2D eigenvalue weighted by molar-refractivity contribution is -0.0321. The molecule has 0 radical (unpaired) electrons. The highest BCUT2D eigenvalue weighted by atomic mass is 32.1. The van der Waals surface area contributed by atoms with Gasteiger partial charge in [-0.3, -0.25) is 14.3 Å². The molecule has 5 nitrogen and oxygen atoms in total. The average molecular weight is 343 g/mol. The molecule has 1 aromatic heterocycles. The number of aromatic nitrogens is 2. The van der Waals surface area contributed by atoms with Gasteiger partial charge in [0.15, 0.2) is 4.77 Å². The number of hydrogen-bond acceptors (Lipinski definition) is 4. The van der Waals surface area contributed by atoms with Gasteiger partial charge in [-0.2, -0.15) is 0 Å². The second kappa shape index (κ2) is 6.78. The molecule has 0 amide bonds. The molecule has 1 fully saturated rings. The Hall–Kier alpha value is -0.763. The van der Waals surface area contributed by atoms with E-state index in [9.17, 15) is 9.90 Å². The topological polar surface area (TPSA) is 67.2 Å². The largest absolute Gasteiger partial charge is 0.394 e. The number of aryl methyl sites for hydroxylation is 1. The van der Waals surface area contributed by atoms with Crippen molar-refractivity contribution >= 4 is 20.3 Å². The molecule has 22 heavy (non-hydrogen) atoms. The zero-order valence-corrected chi connectivity index (χ0v) is 15.6. The molecular formula is C15H26N2O3SSi. The number of rotatable bonds is 5. The second-order valence-electron chi connectivity index (χ2n) is 7.39. The van der Waals surface area contributed by atoms with Crippen LogP contribution in [-0.2, 0) is 4.74 Å². The smallest absolute Gasteiger partial charge is 0.254 e. The molecule has 0 unspecified atom stereocenters. The van der Waals surface area contributed by atoms with Crippen molar-refractivity contribution < 1.29 is 9.84 Å². The van der Waals surface area contributed by atoms with E-state index in [1.807, 2.05) is 4.57 Å². The highest BCUT2D eigenvalue weighted by Gasteiger charge is 2.36. The summed E-state index contributed by atoms with van der Waals surface area (Å²) >= 11 is 5.24. The van der Waals surface area contributed by atoms with Gasteiger partial charge in [0.05, 0.1) is 12.7 Å². The molecule has 1 aliphatic heterocycles. The maximum atomic E-state index is 11.6.